The first-order valence-electron chi connectivity index (χ1n) is 3.05. The van der Waals surface area contributed by atoms with Crippen LogP contribution in [-0.2, 0) is 9.53 Å². The normalized spacial score (nSPS) is 16.1. The summed E-state index contributed by atoms with van der Waals surface area (Å²) >= 11 is 3.97. The van der Waals surface area contributed by atoms with Crippen LogP contribution < -0.4 is 0 Å². The molecule has 0 fully saturated rings. The Morgan fingerprint density at radius 1 is 1.42 bits per heavy atom. The minimum atomic E-state index is -0.227. The Kier molecular flexibility index (Phi) is 2.24. The SMILES string of the molecule is COC(=O)C1Sc2nsnc2S1. The van der Waals surface area contributed by atoms with Crippen molar-refractivity contribution in [1.82, 2.24) is 8.75 Å². The first-order chi connectivity index (χ1) is 5.81. The van der Waals surface area contributed by atoms with Crippen LogP contribution in [0.5, 0.6) is 0 Å². The van der Waals surface area contributed by atoms with E-state index in [-0.39, 0.29) is 10.6 Å². The van der Waals surface area contributed by atoms with E-state index in [0.29, 0.717) is 0 Å². The Balaban J connectivity index is 2.12. The molecule has 0 saturated heterocycles. The molecule has 0 radical (unpaired) electrons. The van der Waals surface area contributed by atoms with Gasteiger partial charge in [0.2, 0.25) is 0 Å². The summed E-state index contributed by atoms with van der Waals surface area (Å²) in [7, 11) is 1.38. The van der Waals surface area contributed by atoms with E-state index in [9.17, 15) is 4.79 Å². The lowest BCUT2D eigenvalue weighted by molar-refractivity contribution is -0.138. The third-order valence-corrected chi connectivity index (χ3v) is 4.56. The van der Waals surface area contributed by atoms with Gasteiger partial charge in [0.15, 0.2) is 4.58 Å². The first kappa shape index (κ1) is 8.33. The molecule has 0 aliphatic carbocycles. The third-order valence-electron chi connectivity index (χ3n) is 1.26. The van der Waals surface area contributed by atoms with Crippen molar-refractivity contribution in [3.05, 3.63) is 0 Å². The lowest BCUT2D eigenvalue weighted by Gasteiger charge is -2.02. The van der Waals surface area contributed by atoms with Crippen molar-refractivity contribution in [2.45, 2.75) is 14.6 Å². The second-order valence-corrected chi connectivity index (χ2v) is 4.98. The zero-order valence-corrected chi connectivity index (χ0v) is 8.46. The Hall–Kier alpha value is -0.270. The van der Waals surface area contributed by atoms with Crippen LogP contribution in [0.1, 0.15) is 0 Å². The van der Waals surface area contributed by atoms with Crippen LogP contribution in [0.25, 0.3) is 0 Å². The van der Waals surface area contributed by atoms with Crippen molar-refractivity contribution in [2.24, 2.45) is 0 Å². The second-order valence-electron chi connectivity index (χ2n) is 1.97. The van der Waals surface area contributed by atoms with Crippen LogP contribution in [0.15, 0.2) is 10.1 Å². The van der Waals surface area contributed by atoms with Crippen LogP contribution in [0.4, 0.5) is 0 Å². The van der Waals surface area contributed by atoms with Gasteiger partial charge in [-0.15, -0.1) is 0 Å². The molecule has 1 aliphatic heterocycles. The van der Waals surface area contributed by atoms with E-state index in [4.69, 9.17) is 0 Å². The quantitative estimate of drug-likeness (QED) is 0.664. The molecule has 2 rings (SSSR count). The largest absolute Gasteiger partial charge is 0.468 e. The van der Waals surface area contributed by atoms with Gasteiger partial charge in [0.25, 0.3) is 0 Å². The molecule has 12 heavy (non-hydrogen) atoms. The van der Waals surface area contributed by atoms with Gasteiger partial charge in [-0.1, -0.05) is 23.5 Å². The van der Waals surface area contributed by atoms with Gasteiger partial charge in [0.05, 0.1) is 18.8 Å². The fraction of sp³-hybridized carbons (Fsp3) is 0.400. The average Bonchev–Trinajstić information content (AvgIpc) is 2.60. The minimum absolute atomic E-state index is 0.214. The topological polar surface area (TPSA) is 52.1 Å². The van der Waals surface area contributed by atoms with Crippen molar-refractivity contribution < 1.29 is 9.53 Å². The van der Waals surface area contributed by atoms with Crippen LogP contribution in [0.2, 0.25) is 0 Å². The number of nitrogens with zero attached hydrogens (tertiary/aromatic N) is 2. The van der Waals surface area contributed by atoms with E-state index < -0.39 is 0 Å². The number of hydrogen-bond donors (Lipinski definition) is 0. The van der Waals surface area contributed by atoms with Gasteiger partial charge >= 0.3 is 5.97 Å². The van der Waals surface area contributed by atoms with Crippen LogP contribution >= 0.6 is 35.3 Å². The van der Waals surface area contributed by atoms with Crippen molar-refractivity contribution in [3.8, 4) is 0 Å². The number of hydrogen-bond acceptors (Lipinski definition) is 7. The Labute approximate surface area is 81.4 Å². The molecule has 64 valence electrons. The molecule has 1 aliphatic rings. The summed E-state index contributed by atoms with van der Waals surface area (Å²) in [5.41, 5.74) is 0. The number of thioether (sulfide) groups is 2. The number of carbonyl (C=O) groups is 1. The molecule has 0 bridgehead atoms. The molecule has 7 heteroatoms. The Morgan fingerprint density at radius 2 is 2.00 bits per heavy atom. The molecule has 1 aromatic heterocycles. The highest BCUT2D eigenvalue weighted by Crippen LogP contribution is 2.46. The maximum absolute atomic E-state index is 11.1. The van der Waals surface area contributed by atoms with Gasteiger partial charge in [0, 0.05) is 0 Å². The van der Waals surface area contributed by atoms with Crippen LogP contribution in [0.3, 0.4) is 0 Å². The van der Waals surface area contributed by atoms with Crippen molar-refractivity contribution in [1.29, 1.82) is 0 Å². The summed E-state index contributed by atoms with van der Waals surface area (Å²) in [6.07, 6.45) is 0. The first-order valence-corrected chi connectivity index (χ1v) is 5.54. The summed E-state index contributed by atoms with van der Waals surface area (Å²) in [5, 5.41) is 1.70. The number of ether oxygens (including phenoxy) is 1. The standard InChI is InChI=1S/C5H4N2O2S3/c1-9-4(8)5-10-2-3(11-5)7-12-6-2/h5H,1H3. The molecular weight excluding hydrogens is 216 g/mol. The average molecular weight is 220 g/mol. The number of aromatic nitrogens is 2. The lowest BCUT2D eigenvalue weighted by Crippen LogP contribution is -2.12. The van der Waals surface area contributed by atoms with Crippen LogP contribution in [0, 0.1) is 0 Å². The monoisotopic (exact) mass is 220 g/mol. The molecular formula is C5H4N2O2S3. The number of methoxy groups -OCH3 is 1. The molecule has 0 spiro atoms. The van der Waals surface area contributed by atoms with Gasteiger partial charge in [-0.25, -0.2) is 4.79 Å². The minimum Gasteiger partial charge on any atom is -0.468 e. The highest BCUT2D eigenvalue weighted by Gasteiger charge is 2.33. The van der Waals surface area contributed by atoms with Crippen molar-refractivity contribution >= 4 is 41.2 Å². The molecule has 0 saturated carbocycles. The van der Waals surface area contributed by atoms with E-state index in [1.54, 1.807) is 0 Å². The predicted molar refractivity (Wildman–Crippen MR) is 47.4 cm³/mol. The molecule has 0 unspecified atom stereocenters. The second kappa shape index (κ2) is 3.23. The zero-order valence-electron chi connectivity index (χ0n) is 6.01. The van der Waals surface area contributed by atoms with Crippen molar-refractivity contribution in [2.75, 3.05) is 7.11 Å². The number of esters is 1. The summed E-state index contributed by atoms with van der Waals surface area (Å²) in [5.74, 6) is -0.227. The number of fused-ring (bicyclic) bond motifs is 1. The van der Waals surface area contributed by atoms with E-state index in [2.05, 4.69) is 13.5 Å². The molecule has 1 aromatic rings. The maximum Gasteiger partial charge on any atom is 0.329 e. The summed E-state index contributed by atoms with van der Waals surface area (Å²) in [4.78, 5) is 11.1. The lowest BCUT2D eigenvalue weighted by atomic mass is 10.8. The number of carbonyl (C=O) groups excluding carboxylic acids is 1. The molecule has 0 aromatic carbocycles. The van der Waals surface area contributed by atoms with Gasteiger partial charge < -0.3 is 4.74 Å². The van der Waals surface area contributed by atoms with E-state index >= 15 is 0 Å². The van der Waals surface area contributed by atoms with Gasteiger partial charge in [-0.3, -0.25) is 0 Å². The van der Waals surface area contributed by atoms with Gasteiger partial charge in [-0.2, -0.15) is 8.75 Å². The molecule has 4 nitrogen and oxygen atoms in total. The summed E-state index contributed by atoms with van der Waals surface area (Å²) in [6, 6.07) is 0. The summed E-state index contributed by atoms with van der Waals surface area (Å²) < 4.78 is 12.4. The predicted octanol–water partition coefficient (Wildman–Crippen LogP) is 1.23. The van der Waals surface area contributed by atoms with E-state index in [1.165, 1.54) is 42.4 Å². The third kappa shape index (κ3) is 1.32. The Bertz CT molecular complexity index is 293. The molecule has 0 N–H and O–H groups in total. The Morgan fingerprint density at radius 3 is 2.50 bits per heavy atom. The highest BCUT2D eigenvalue weighted by molar-refractivity contribution is 8.20. The summed E-state index contributed by atoms with van der Waals surface area (Å²) in [6.45, 7) is 0. The maximum atomic E-state index is 11.1. The van der Waals surface area contributed by atoms with Gasteiger partial charge in [0.1, 0.15) is 10.1 Å². The van der Waals surface area contributed by atoms with Crippen LogP contribution in [-0.4, -0.2) is 26.4 Å². The number of rotatable bonds is 1. The highest BCUT2D eigenvalue weighted by atomic mass is 32.2. The molecule has 0 atom stereocenters. The van der Waals surface area contributed by atoms with Crippen molar-refractivity contribution in [3.63, 3.8) is 0 Å². The fourth-order valence-electron chi connectivity index (χ4n) is 0.736. The van der Waals surface area contributed by atoms with E-state index in [0.717, 1.165) is 10.1 Å². The molecule has 2 heterocycles. The van der Waals surface area contributed by atoms with Gasteiger partial charge in [-0.05, 0) is 0 Å². The van der Waals surface area contributed by atoms with E-state index in [1.807, 2.05) is 0 Å². The molecule has 0 amide bonds. The fourth-order valence-corrected chi connectivity index (χ4v) is 3.87. The zero-order chi connectivity index (χ0) is 8.55. The smallest absolute Gasteiger partial charge is 0.329 e.